The monoisotopic (exact) mass is 543 g/mol. The number of para-hydroxylation sites is 1. The van der Waals surface area contributed by atoms with Gasteiger partial charge in [-0.15, -0.1) is 0 Å². The maximum absolute atomic E-state index is 12.8. The molecule has 11 heteroatoms. The van der Waals surface area contributed by atoms with Crippen LogP contribution >= 0.6 is 0 Å². The molecule has 1 aliphatic rings. The van der Waals surface area contributed by atoms with Crippen molar-refractivity contribution in [3.05, 3.63) is 89.0 Å². The van der Waals surface area contributed by atoms with Gasteiger partial charge in [-0.1, -0.05) is 30.3 Å². The molecule has 0 radical (unpaired) electrons. The maximum atomic E-state index is 12.8. The third kappa shape index (κ3) is 6.55. The van der Waals surface area contributed by atoms with Crippen LogP contribution in [0.2, 0.25) is 0 Å². The number of hydrogen-bond donors (Lipinski definition) is 2. The van der Waals surface area contributed by atoms with Crippen LogP contribution in [0.15, 0.2) is 71.6 Å². The Bertz CT molecular complexity index is 1460. The lowest BCUT2D eigenvalue weighted by Crippen LogP contribution is -2.41. The van der Waals surface area contributed by atoms with E-state index < -0.39 is 26.0 Å². The smallest absolute Gasteiger partial charge is 0.261 e. The van der Waals surface area contributed by atoms with Crippen LogP contribution in [0.25, 0.3) is 0 Å². The van der Waals surface area contributed by atoms with Crippen molar-refractivity contribution in [2.45, 2.75) is 24.5 Å². The molecule has 3 aromatic carbocycles. The number of aryl methyl sites for hydroxylation is 2. The van der Waals surface area contributed by atoms with Crippen LogP contribution in [0.1, 0.15) is 27.0 Å². The third-order valence-electron chi connectivity index (χ3n) is 6.07. The predicted octanol–water partition coefficient (Wildman–Crippen LogP) is 3.52. The molecule has 1 aliphatic heterocycles. The van der Waals surface area contributed by atoms with E-state index in [1.807, 2.05) is 32.0 Å². The molecule has 37 heavy (non-hydrogen) atoms. The summed E-state index contributed by atoms with van der Waals surface area (Å²) in [6.07, 6.45) is 0. The summed E-state index contributed by atoms with van der Waals surface area (Å²) in [4.78, 5) is 12.7. The number of sulfonamides is 2. The van der Waals surface area contributed by atoms with Crippen LogP contribution in [0.5, 0.6) is 0 Å². The molecule has 0 saturated carbocycles. The first kappa shape index (κ1) is 26.8. The summed E-state index contributed by atoms with van der Waals surface area (Å²) < 4.78 is 60.1. The number of anilines is 2. The molecule has 1 heterocycles. The second-order valence-electron chi connectivity index (χ2n) is 8.82. The first-order valence-electron chi connectivity index (χ1n) is 11.7. The number of hydrogen-bond acceptors (Lipinski definition) is 6. The molecule has 9 nitrogen and oxygen atoms in total. The molecular formula is C26H29N3O6S2. The van der Waals surface area contributed by atoms with E-state index in [9.17, 15) is 21.6 Å². The Morgan fingerprint density at radius 1 is 0.865 bits per heavy atom. The van der Waals surface area contributed by atoms with Gasteiger partial charge in [-0.2, -0.15) is 4.31 Å². The van der Waals surface area contributed by atoms with Gasteiger partial charge in [0.25, 0.3) is 15.9 Å². The maximum Gasteiger partial charge on any atom is 0.261 e. The van der Waals surface area contributed by atoms with E-state index in [0.717, 1.165) is 11.1 Å². The number of nitrogens with zero attached hydrogens (tertiary/aromatic N) is 1. The topological polar surface area (TPSA) is 122 Å². The lowest BCUT2D eigenvalue weighted by Gasteiger charge is -2.26. The minimum Gasteiger partial charge on any atom is -0.379 e. The molecule has 3 aromatic rings. The number of amides is 1. The summed E-state index contributed by atoms with van der Waals surface area (Å²) in [5, 5.41) is 2.73. The second-order valence-corrected chi connectivity index (χ2v) is 12.5. The van der Waals surface area contributed by atoms with Crippen LogP contribution < -0.4 is 10.0 Å². The Hall–Kier alpha value is -3.25. The fourth-order valence-electron chi connectivity index (χ4n) is 3.97. The Kier molecular flexibility index (Phi) is 7.98. The highest BCUT2D eigenvalue weighted by Crippen LogP contribution is 2.24. The Labute approximate surface area is 217 Å². The van der Waals surface area contributed by atoms with E-state index in [2.05, 4.69) is 10.0 Å². The van der Waals surface area contributed by atoms with Crippen molar-refractivity contribution in [1.82, 2.24) is 4.31 Å². The van der Waals surface area contributed by atoms with Crippen molar-refractivity contribution < 1.29 is 26.4 Å². The van der Waals surface area contributed by atoms with E-state index in [-0.39, 0.29) is 10.6 Å². The molecule has 0 aliphatic carbocycles. The van der Waals surface area contributed by atoms with Crippen molar-refractivity contribution in [3.63, 3.8) is 0 Å². The summed E-state index contributed by atoms with van der Waals surface area (Å²) >= 11 is 0. The number of nitrogens with one attached hydrogen (secondary N) is 2. The summed E-state index contributed by atoms with van der Waals surface area (Å²) in [6, 6.07) is 17.7. The van der Waals surface area contributed by atoms with Crippen LogP contribution in [0, 0.1) is 13.8 Å². The van der Waals surface area contributed by atoms with E-state index in [1.54, 1.807) is 24.3 Å². The van der Waals surface area contributed by atoms with Gasteiger partial charge in [-0.05, 0) is 66.9 Å². The van der Waals surface area contributed by atoms with Crippen LogP contribution in [-0.2, 0) is 30.5 Å². The highest BCUT2D eigenvalue weighted by Gasteiger charge is 2.24. The van der Waals surface area contributed by atoms with Gasteiger partial charge in [0, 0.05) is 24.3 Å². The van der Waals surface area contributed by atoms with Gasteiger partial charge < -0.3 is 10.1 Å². The normalized spacial score (nSPS) is 14.8. The standard InChI is InChI=1S/C26H29N3O6S2/c1-19-4-3-5-20(2)25(19)28-37(33,34)24-12-10-23(11-13-24)27-26(30)22-8-6-21(7-9-22)18-36(31,32)29-14-16-35-17-15-29/h3-13,28H,14-18H2,1-2H3,(H,27,30). The molecule has 1 saturated heterocycles. The van der Waals surface area contributed by atoms with E-state index in [4.69, 9.17) is 4.74 Å². The fraction of sp³-hybridized carbons (Fsp3) is 0.269. The Morgan fingerprint density at radius 2 is 1.46 bits per heavy atom. The van der Waals surface area contributed by atoms with Gasteiger partial charge in [0.05, 0.1) is 29.5 Å². The molecule has 2 N–H and O–H groups in total. The average molecular weight is 544 g/mol. The predicted molar refractivity (Wildman–Crippen MR) is 143 cm³/mol. The van der Waals surface area contributed by atoms with Crippen molar-refractivity contribution in [3.8, 4) is 0 Å². The Morgan fingerprint density at radius 3 is 2.05 bits per heavy atom. The summed E-state index contributed by atoms with van der Waals surface area (Å²) in [5.41, 5.74) is 3.53. The zero-order valence-corrected chi connectivity index (χ0v) is 22.2. The second kappa shape index (κ2) is 11.0. The molecule has 0 aromatic heterocycles. The van der Waals surface area contributed by atoms with Crippen molar-refractivity contribution in [2.24, 2.45) is 0 Å². The van der Waals surface area contributed by atoms with Crippen LogP contribution in [0.4, 0.5) is 11.4 Å². The third-order valence-corrected chi connectivity index (χ3v) is 9.28. The molecule has 4 rings (SSSR count). The number of morpholine rings is 1. The summed E-state index contributed by atoms with van der Waals surface area (Å²) in [7, 11) is -7.27. The first-order valence-corrected chi connectivity index (χ1v) is 14.8. The molecular weight excluding hydrogens is 514 g/mol. The first-order chi connectivity index (χ1) is 17.5. The van der Waals surface area contributed by atoms with E-state index in [1.165, 1.54) is 28.6 Å². The van der Waals surface area contributed by atoms with Gasteiger partial charge in [-0.25, -0.2) is 16.8 Å². The number of ether oxygens (including phenoxy) is 1. The largest absolute Gasteiger partial charge is 0.379 e. The molecule has 0 atom stereocenters. The quantitative estimate of drug-likeness (QED) is 0.448. The van der Waals surface area contributed by atoms with E-state index in [0.29, 0.717) is 48.8 Å². The highest BCUT2D eigenvalue weighted by molar-refractivity contribution is 7.92. The lowest BCUT2D eigenvalue weighted by atomic mass is 10.1. The average Bonchev–Trinajstić information content (AvgIpc) is 2.87. The fourth-order valence-corrected chi connectivity index (χ4v) is 6.67. The van der Waals surface area contributed by atoms with E-state index >= 15 is 0 Å². The zero-order valence-electron chi connectivity index (χ0n) is 20.6. The molecule has 0 unspecified atom stereocenters. The molecule has 196 valence electrons. The summed E-state index contributed by atoms with van der Waals surface area (Å²) in [5.74, 6) is -0.548. The van der Waals surface area contributed by atoms with Crippen LogP contribution in [-0.4, -0.2) is 53.4 Å². The number of carbonyl (C=O) groups excluding carboxylic acids is 1. The number of rotatable bonds is 8. The van der Waals surface area contributed by atoms with Crippen molar-refractivity contribution >= 4 is 37.3 Å². The number of carbonyl (C=O) groups is 1. The lowest BCUT2D eigenvalue weighted by molar-refractivity contribution is 0.0729. The van der Waals surface area contributed by atoms with Crippen molar-refractivity contribution in [1.29, 1.82) is 0 Å². The molecule has 0 spiro atoms. The van der Waals surface area contributed by atoms with Gasteiger partial charge in [0.1, 0.15) is 0 Å². The zero-order chi connectivity index (χ0) is 26.6. The van der Waals surface area contributed by atoms with Gasteiger partial charge in [0.2, 0.25) is 10.0 Å². The van der Waals surface area contributed by atoms with Gasteiger partial charge >= 0.3 is 0 Å². The minimum absolute atomic E-state index is 0.0685. The Balaban J connectivity index is 1.39. The minimum atomic E-state index is -3.81. The van der Waals surface area contributed by atoms with Gasteiger partial charge in [0.15, 0.2) is 0 Å². The highest BCUT2D eigenvalue weighted by atomic mass is 32.2. The molecule has 1 amide bonds. The molecule has 0 bridgehead atoms. The van der Waals surface area contributed by atoms with Crippen molar-refractivity contribution in [2.75, 3.05) is 36.3 Å². The van der Waals surface area contributed by atoms with Gasteiger partial charge in [-0.3, -0.25) is 9.52 Å². The summed E-state index contributed by atoms with van der Waals surface area (Å²) in [6.45, 7) is 5.11. The number of benzene rings is 3. The van der Waals surface area contributed by atoms with Crippen LogP contribution in [0.3, 0.4) is 0 Å². The SMILES string of the molecule is Cc1cccc(C)c1NS(=O)(=O)c1ccc(NC(=O)c2ccc(CS(=O)(=O)N3CCOCC3)cc2)cc1. The molecule has 1 fully saturated rings.